The summed E-state index contributed by atoms with van der Waals surface area (Å²) in [5, 5.41) is 0. The molecule has 0 aliphatic heterocycles. The predicted octanol–water partition coefficient (Wildman–Crippen LogP) is 12.1. The van der Waals surface area contributed by atoms with E-state index in [2.05, 4.69) is 61.7 Å². The van der Waals surface area contributed by atoms with Crippen LogP contribution in [0.2, 0.25) is 0 Å². The molecule has 6 nitrogen and oxygen atoms in total. The van der Waals surface area contributed by atoms with Gasteiger partial charge < -0.3 is 29.4 Å². The smallest absolute Gasteiger partial charge is 0.319 e. The molecule has 6 N–H and O–H groups in total. The molecular weight excluding hydrogens is 744 g/mol. The Hall–Kier alpha value is 0.903. The second-order valence-corrected chi connectivity index (χ2v) is 18.5. The number of rotatable bonds is 30. The maximum atomic E-state index is 7.56. The Morgan fingerprint density at radius 3 is 0.714 bits per heavy atom. The van der Waals surface area contributed by atoms with Crippen LogP contribution >= 0.6 is 13.4 Å². The van der Waals surface area contributed by atoms with Crippen molar-refractivity contribution in [2.24, 2.45) is 0 Å². The van der Waals surface area contributed by atoms with Gasteiger partial charge in [0.1, 0.15) is 0 Å². The first kappa shape index (κ1) is 54.2. The van der Waals surface area contributed by atoms with Crippen LogP contribution in [0, 0.1) is 0 Å². The zero-order valence-corrected chi connectivity index (χ0v) is 38.0. The number of hydrogen-bond acceptors (Lipinski definition) is 2. The molecule has 0 saturated heterocycles. The van der Waals surface area contributed by atoms with Crippen LogP contribution in [0.5, 0.6) is 0 Å². The summed E-state index contributed by atoms with van der Waals surface area (Å²) in [6.45, 7) is -3.00. The third-order valence-electron chi connectivity index (χ3n) is 8.72. The van der Waals surface area contributed by atoms with Gasteiger partial charge in [0.25, 0.3) is 0 Å². The van der Waals surface area contributed by atoms with Gasteiger partial charge >= 0.3 is 13.4 Å². The van der Waals surface area contributed by atoms with Crippen molar-refractivity contribution in [2.45, 2.75) is 206 Å². The van der Waals surface area contributed by atoms with E-state index in [1.807, 2.05) is 0 Å². The Morgan fingerprint density at radius 1 is 0.367 bits per heavy atom. The Balaban J connectivity index is -0.00000167. The van der Waals surface area contributed by atoms with Crippen molar-refractivity contribution in [2.75, 3.05) is 0 Å². The summed E-state index contributed by atoms with van der Waals surface area (Å²) in [7, 11) is 0. The first-order valence-corrected chi connectivity index (χ1v) is 24.8. The van der Waals surface area contributed by atoms with Crippen LogP contribution in [0.1, 0.15) is 205 Å². The van der Waals surface area contributed by atoms with Crippen molar-refractivity contribution >= 4 is 37.1 Å². The Morgan fingerprint density at radius 2 is 0.531 bits per heavy atom. The Kier molecular flexibility index (Phi) is 44.4. The normalized spacial score (nSPS) is 11.3. The molecule has 0 aliphatic carbocycles. The van der Waals surface area contributed by atoms with Crippen molar-refractivity contribution in [3.63, 3.8) is 0 Å². The van der Waals surface area contributed by atoms with Gasteiger partial charge in [0.05, 0.1) is 0 Å². The number of hydrogen-bond donors (Lipinski definition) is 6. The summed E-state index contributed by atoms with van der Waals surface area (Å²) in [6, 6.07) is 9.32. The fraction of sp³-hybridized carbons (Fsp3) is 0.842. The van der Waals surface area contributed by atoms with Crippen molar-refractivity contribution in [3.05, 3.63) is 35.4 Å². The summed E-state index contributed by atoms with van der Waals surface area (Å²) < 4.78 is 0. The molecule has 1 aromatic carbocycles. The minimum atomic E-state index is -3.81. The van der Waals surface area contributed by atoms with Gasteiger partial charge in [-0.1, -0.05) is 205 Å². The number of unbranched alkanes of at least 4 members (excludes halogenated alkanes) is 26. The molecule has 0 atom stereocenters. The molecule has 11 heteroatoms. The molecule has 49 heavy (non-hydrogen) atoms. The van der Waals surface area contributed by atoms with Gasteiger partial charge in [-0.15, -0.1) is 0 Å². The molecule has 0 amide bonds. The van der Waals surface area contributed by atoms with Crippen molar-refractivity contribution in [3.8, 4) is 0 Å². The van der Waals surface area contributed by atoms with Gasteiger partial charge in [0, 0.05) is 19.5 Å². The molecule has 0 spiro atoms. The quantitative estimate of drug-likeness (QED) is 0.0258. The zero-order valence-electron chi connectivity index (χ0n) is 31.6. The van der Waals surface area contributed by atoms with E-state index in [1.54, 1.807) is 11.1 Å². The first-order valence-electron chi connectivity index (χ1n) is 19.5. The van der Waals surface area contributed by atoms with E-state index >= 15 is 0 Å². The molecule has 0 bridgehead atoms. The van der Waals surface area contributed by atoms with E-state index in [-0.39, 0.29) is 19.5 Å². The molecule has 0 saturated carbocycles. The molecule has 0 radical (unpaired) electrons. The molecule has 288 valence electrons. The zero-order chi connectivity index (χ0) is 36.2. The SMILES string of the molecule is CCCCCCCCCCCCCCCCc1ccccc1CCCCCCCCCCCCCCCC.OP(O)(O)=S.OP(O)(O)=S.[Zn]. The topological polar surface area (TPSA) is 121 Å². The summed E-state index contributed by atoms with van der Waals surface area (Å²) >= 11 is 7.21. The van der Waals surface area contributed by atoms with E-state index in [1.165, 1.54) is 193 Å². The largest absolute Gasteiger partial charge is 0.325 e. The summed E-state index contributed by atoms with van der Waals surface area (Å²) in [5.74, 6) is 0. The molecule has 1 aromatic rings. The maximum absolute atomic E-state index is 7.56. The fourth-order valence-electron chi connectivity index (χ4n) is 6.07. The van der Waals surface area contributed by atoms with E-state index in [0.29, 0.717) is 0 Å². The molecule has 0 aromatic heterocycles. The summed E-state index contributed by atoms with van der Waals surface area (Å²) in [4.78, 5) is 45.3. The fourth-order valence-corrected chi connectivity index (χ4v) is 6.07. The monoisotopic (exact) mass is 818 g/mol. The average molecular weight is 820 g/mol. The number of benzene rings is 1. The maximum Gasteiger partial charge on any atom is 0.319 e. The van der Waals surface area contributed by atoms with Crippen LogP contribution in [0.15, 0.2) is 24.3 Å². The summed E-state index contributed by atoms with van der Waals surface area (Å²) in [6.07, 6.45) is 43.1. The van der Waals surface area contributed by atoms with Gasteiger partial charge in [-0.25, -0.2) is 0 Å². The number of aryl methyl sites for hydroxylation is 2. The molecular formula is C38H76O6P2S2Zn. The van der Waals surface area contributed by atoms with E-state index in [0.717, 1.165) is 0 Å². The molecule has 0 heterocycles. The third-order valence-corrected chi connectivity index (χ3v) is 8.72. The van der Waals surface area contributed by atoms with Gasteiger partial charge in [-0.2, -0.15) is 0 Å². The van der Waals surface area contributed by atoms with Crippen molar-refractivity contribution in [1.82, 2.24) is 0 Å². The van der Waals surface area contributed by atoms with Crippen LogP contribution < -0.4 is 0 Å². The van der Waals surface area contributed by atoms with Crippen LogP contribution in [0.3, 0.4) is 0 Å². The van der Waals surface area contributed by atoms with Gasteiger partial charge in [0.15, 0.2) is 0 Å². The van der Waals surface area contributed by atoms with E-state index < -0.39 is 13.4 Å². The molecule has 0 unspecified atom stereocenters. The van der Waals surface area contributed by atoms with E-state index in [4.69, 9.17) is 29.4 Å². The van der Waals surface area contributed by atoms with Gasteiger partial charge in [-0.3, -0.25) is 0 Å². The third kappa shape index (κ3) is 55.8. The van der Waals surface area contributed by atoms with Crippen LogP contribution in [-0.2, 0) is 55.9 Å². The van der Waals surface area contributed by atoms with Crippen molar-refractivity contribution < 1.29 is 48.8 Å². The Bertz CT molecular complexity index is 813. The van der Waals surface area contributed by atoms with Crippen LogP contribution in [0.4, 0.5) is 0 Å². The van der Waals surface area contributed by atoms with Gasteiger partial charge in [0.2, 0.25) is 0 Å². The second-order valence-electron chi connectivity index (χ2n) is 13.5. The van der Waals surface area contributed by atoms with Gasteiger partial charge in [-0.05, 0) is 60.4 Å². The second kappa shape index (κ2) is 40.1. The first-order chi connectivity index (χ1) is 22.9. The molecule has 0 fully saturated rings. The predicted molar refractivity (Wildman–Crippen MR) is 216 cm³/mol. The van der Waals surface area contributed by atoms with Crippen LogP contribution in [-0.4, -0.2) is 29.4 Å². The van der Waals surface area contributed by atoms with Crippen molar-refractivity contribution in [1.29, 1.82) is 0 Å². The molecule has 1 rings (SSSR count). The molecule has 0 aliphatic rings. The van der Waals surface area contributed by atoms with Crippen LogP contribution in [0.25, 0.3) is 0 Å². The minimum absolute atomic E-state index is 0. The summed E-state index contributed by atoms with van der Waals surface area (Å²) in [5.41, 5.74) is 3.28. The average Bonchev–Trinajstić information content (AvgIpc) is 3.00. The Labute approximate surface area is 326 Å². The minimum Gasteiger partial charge on any atom is -0.325 e. The standard InChI is InChI=1S/C38H70.2H3O3PS.Zn/c1-3-5-7-9-11-13-15-17-19-21-23-25-27-29-33-37-35-31-32-36-38(37)34-30-28-26-24-22-20-18-16-14-12-10-8-6-4-2;2*1-4(2,3)5;/h31-32,35-36H,3-30,33-34H2,1-2H3;2*(H3,1,2,3,5);. The van der Waals surface area contributed by atoms with E-state index in [9.17, 15) is 0 Å².